The Kier molecular flexibility index (Phi) is 4.16. The number of alkyl carbamates (subject to hydrolysis) is 1. The third kappa shape index (κ3) is 3.10. The molecule has 4 rings (SSSR count). The Hall–Kier alpha value is -2.31. The summed E-state index contributed by atoms with van der Waals surface area (Å²) in [6.45, 7) is 5.15. The highest BCUT2D eigenvalue weighted by Gasteiger charge is 2.72. The number of nitrogens with one attached hydrogen (secondary N) is 1. The molecule has 1 unspecified atom stereocenters. The monoisotopic (exact) mass is 365 g/mol. The Balaban J connectivity index is 1.72. The lowest BCUT2D eigenvalue weighted by Crippen LogP contribution is -2.73. The van der Waals surface area contributed by atoms with E-state index in [1.807, 2.05) is 0 Å². The normalized spacial score (nSPS) is 27.6. The first kappa shape index (κ1) is 18.5. The molecule has 0 saturated heterocycles. The second kappa shape index (κ2) is 5.86. The van der Waals surface area contributed by atoms with Crippen molar-refractivity contribution in [2.24, 2.45) is 5.41 Å². The fourth-order valence-electron chi connectivity index (χ4n) is 4.37. The number of methoxy groups -OCH3 is 1. The summed E-state index contributed by atoms with van der Waals surface area (Å²) in [5, 5.41) is 12.1. The fraction of sp³-hybridized carbons (Fsp3) is 0.579. The van der Waals surface area contributed by atoms with Crippen molar-refractivity contribution in [2.75, 3.05) is 7.11 Å². The molecule has 0 aromatic heterocycles. The largest absolute Gasteiger partial charge is 0.497 e. The van der Waals surface area contributed by atoms with Crippen LogP contribution in [-0.2, 0) is 14.9 Å². The number of hydrogen-bond donors (Lipinski definition) is 2. The average molecular weight is 365 g/mol. The van der Waals surface area contributed by atoms with E-state index in [0.29, 0.717) is 25.0 Å². The zero-order valence-electron chi connectivity index (χ0n) is 15.4. The molecule has 2 N–H and O–H groups in total. The quantitative estimate of drug-likeness (QED) is 0.837. The van der Waals surface area contributed by atoms with Gasteiger partial charge in [0.2, 0.25) is 0 Å². The first-order valence-electron chi connectivity index (χ1n) is 8.56. The van der Waals surface area contributed by atoms with E-state index >= 15 is 0 Å². The van der Waals surface area contributed by atoms with Crippen molar-refractivity contribution in [2.45, 2.75) is 57.1 Å². The number of carboxylic acids is 1. The number of aliphatic carboxylic acids is 1. The van der Waals surface area contributed by atoms with Gasteiger partial charge in [0.05, 0.1) is 7.11 Å². The summed E-state index contributed by atoms with van der Waals surface area (Å²) in [5.41, 5.74) is -0.634. The van der Waals surface area contributed by atoms with Gasteiger partial charge >= 0.3 is 12.1 Å². The summed E-state index contributed by atoms with van der Waals surface area (Å²) in [5.74, 6) is -1.01. The van der Waals surface area contributed by atoms with Crippen LogP contribution in [0.25, 0.3) is 0 Å². The highest BCUT2D eigenvalue weighted by Crippen LogP contribution is 2.75. The van der Waals surface area contributed by atoms with E-state index in [4.69, 9.17) is 9.47 Å². The minimum Gasteiger partial charge on any atom is -0.497 e. The van der Waals surface area contributed by atoms with Gasteiger partial charge in [0.1, 0.15) is 23.2 Å². The fourth-order valence-corrected chi connectivity index (χ4v) is 4.37. The van der Waals surface area contributed by atoms with E-state index < -0.39 is 29.1 Å². The van der Waals surface area contributed by atoms with Crippen LogP contribution < -0.4 is 10.1 Å². The van der Waals surface area contributed by atoms with Crippen molar-refractivity contribution in [3.63, 3.8) is 0 Å². The van der Waals surface area contributed by atoms with Crippen LogP contribution in [0.5, 0.6) is 5.75 Å². The van der Waals surface area contributed by atoms with E-state index in [2.05, 4.69) is 5.32 Å². The molecule has 1 atom stereocenters. The van der Waals surface area contributed by atoms with Crippen LogP contribution in [0, 0.1) is 11.2 Å². The number of hydrogen-bond acceptors (Lipinski definition) is 4. The number of benzene rings is 1. The number of carbonyl (C=O) groups is 2. The number of amides is 1. The molecular formula is C19H24FNO5. The number of rotatable bonds is 5. The second-order valence-corrected chi connectivity index (χ2v) is 8.47. The summed E-state index contributed by atoms with van der Waals surface area (Å²) in [7, 11) is 1.48. The SMILES string of the molecule is COc1cc(F)cc(C23CC(C(NC(=O)OC(C)(C)C)C(=O)O)(C2)C3)c1. The summed E-state index contributed by atoms with van der Waals surface area (Å²) in [4.78, 5) is 23.7. The highest BCUT2D eigenvalue weighted by molar-refractivity contribution is 5.82. The average Bonchev–Trinajstić information content (AvgIpc) is 2.40. The summed E-state index contributed by atoms with van der Waals surface area (Å²) >= 11 is 0. The topological polar surface area (TPSA) is 84.9 Å². The van der Waals surface area contributed by atoms with Crippen molar-refractivity contribution in [1.29, 1.82) is 0 Å². The summed E-state index contributed by atoms with van der Waals surface area (Å²) in [6, 6.07) is 3.57. The van der Waals surface area contributed by atoms with Crippen LogP contribution in [0.15, 0.2) is 18.2 Å². The third-order valence-electron chi connectivity index (χ3n) is 5.31. The first-order chi connectivity index (χ1) is 12.0. The minimum absolute atomic E-state index is 0.237. The predicted molar refractivity (Wildman–Crippen MR) is 91.7 cm³/mol. The zero-order chi connectivity index (χ0) is 19.3. The van der Waals surface area contributed by atoms with Crippen LogP contribution in [0.1, 0.15) is 45.6 Å². The Bertz CT molecular complexity index is 735. The molecule has 1 aromatic rings. The lowest BCUT2D eigenvalue weighted by molar-refractivity contribution is -0.183. The molecule has 2 bridgehead atoms. The van der Waals surface area contributed by atoms with Gasteiger partial charge in [-0.3, -0.25) is 0 Å². The number of carboxylic acid groups (broad SMARTS) is 1. The number of carbonyl (C=O) groups excluding carboxylic acids is 1. The maximum Gasteiger partial charge on any atom is 0.408 e. The lowest BCUT2D eigenvalue weighted by atomic mass is 9.31. The smallest absolute Gasteiger partial charge is 0.408 e. The molecule has 3 saturated carbocycles. The molecule has 3 fully saturated rings. The van der Waals surface area contributed by atoms with Crippen LogP contribution in [0.4, 0.5) is 9.18 Å². The van der Waals surface area contributed by atoms with Gasteiger partial charge in [0.15, 0.2) is 0 Å². The summed E-state index contributed by atoms with van der Waals surface area (Å²) < 4.78 is 24.1. The Morgan fingerprint density at radius 3 is 2.35 bits per heavy atom. The Morgan fingerprint density at radius 2 is 1.85 bits per heavy atom. The van der Waals surface area contributed by atoms with Crippen LogP contribution >= 0.6 is 0 Å². The van der Waals surface area contributed by atoms with E-state index in [1.165, 1.54) is 19.2 Å². The van der Waals surface area contributed by atoms with Crippen molar-refractivity contribution in [1.82, 2.24) is 5.32 Å². The molecule has 0 aliphatic heterocycles. The van der Waals surface area contributed by atoms with Crippen molar-refractivity contribution < 1.29 is 28.6 Å². The van der Waals surface area contributed by atoms with Crippen molar-refractivity contribution in [3.05, 3.63) is 29.6 Å². The molecule has 3 aliphatic rings. The molecule has 1 aromatic carbocycles. The molecule has 3 aliphatic carbocycles. The van der Waals surface area contributed by atoms with Gasteiger partial charge in [-0.05, 0) is 63.1 Å². The van der Waals surface area contributed by atoms with Crippen LogP contribution in [-0.4, -0.2) is 35.9 Å². The molecule has 7 heteroatoms. The maximum absolute atomic E-state index is 13.8. The molecule has 0 radical (unpaired) electrons. The van der Waals surface area contributed by atoms with E-state index in [-0.39, 0.29) is 11.2 Å². The van der Waals surface area contributed by atoms with E-state index in [1.54, 1.807) is 26.8 Å². The summed E-state index contributed by atoms with van der Waals surface area (Å²) in [6.07, 6.45) is 1.01. The second-order valence-electron chi connectivity index (χ2n) is 8.47. The lowest BCUT2D eigenvalue weighted by Gasteiger charge is -2.72. The van der Waals surface area contributed by atoms with Crippen molar-refractivity contribution in [3.8, 4) is 5.75 Å². The van der Waals surface area contributed by atoms with Crippen LogP contribution in [0.3, 0.4) is 0 Å². The van der Waals surface area contributed by atoms with Gasteiger partial charge in [-0.15, -0.1) is 0 Å². The van der Waals surface area contributed by atoms with Gasteiger partial charge < -0.3 is 19.9 Å². The van der Waals surface area contributed by atoms with Gasteiger partial charge in [-0.2, -0.15) is 0 Å². The molecule has 6 nitrogen and oxygen atoms in total. The van der Waals surface area contributed by atoms with Gasteiger partial charge in [0.25, 0.3) is 0 Å². The first-order valence-corrected chi connectivity index (χ1v) is 8.56. The van der Waals surface area contributed by atoms with E-state index in [0.717, 1.165) is 5.56 Å². The standard InChI is InChI=1S/C19H24FNO5/c1-17(2,3)26-16(24)21-14(15(22)23)19-8-18(9-19,10-19)11-5-12(20)7-13(6-11)25-4/h5-7,14H,8-10H2,1-4H3,(H,21,24)(H,22,23). The molecule has 142 valence electrons. The van der Waals surface area contributed by atoms with Gasteiger partial charge in [-0.1, -0.05) is 0 Å². The highest BCUT2D eigenvalue weighted by atomic mass is 19.1. The third-order valence-corrected chi connectivity index (χ3v) is 5.31. The Morgan fingerprint density at radius 1 is 1.23 bits per heavy atom. The minimum atomic E-state index is -1.08. The van der Waals surface area contributed by atoms with Crippen LogP contribution in [0.2, 0.25) is 0 Å². The molecule has 26 heavy (non-hydrogen) atoms. The van der Waals surface area contributed by atoms with Crippen molar-refractivity contribution >= 4 is 12.1 Å². The van der Waals surface area contributed by atoms with E-state index in [9.17, 15) is 19.1 Å². The van der Waals surface area contributed by atoms with Gasteiger partial charge in [-0.25, -0.2) is 14.0 Å². The number of ether oxygens (including phenoxy) is 2. The molecule has 1 amide bonds. The Labute approximate surface area is 151 Å². The van der Waals surface area contributed by atoms with Gasteiger partial charge in [0, 0.05) is 11.5 Å². The maximum atomic E-state index is 13.8. The number of halogens is 1. The molecule has 0 heterocycles. The predicted octanol–water partition coefficient (Wildman–Crippen LogP) is 3.23. The molecule has 0 spiro atoms. The zero-order valence-corrected chi connectivity index (χ0v) is 15.4. The molecular weight excluding hydrogens is 341 g/mol.